The summed E-state index contributed by atoms with van der Waals surface area (Å²) in [6.45, 7) is 4.63. The maximum Gasteiger partial charge on any atom is 0.340 e. The van der Waals surface area contributed by atoms with Crippen molar-refractivity contribution in [3.05, 3.63) is 41.3 Å². The van der Waals surface area contributed by atoms with Crippen LogP contribution in [-0.4, -0.2) is 50.2 Å². The van der Waals surface area contributed by atoms with Gasteiger partial charge < -0.3 is 9.64 Å². The molecular formula is C14H15N5O3. The minimum Gasteiger partial charge on any atom is -0.472 e. The fourth-order valence-electron chi connectivity index (χ4n) is 2.33. The van der Waals surface area contributed by atoms with Crippen molar-refractivity contribution in [1.29, 1.82) is 0 Å². The van der Waals surface area contributed by atoms with E-state index in [2.05, 4.69) is 26.7 Å². The van der Waals surface area contributed by atoms with Gasteiger partial charge in [-0.25, -0.2) is 14.9 Å². The van der Waals surface area contributed by atoms with E-state index in [9.17, 15) is 9.59 Å². The lowest BCUT2D eigenvalue weighted by Crippen LogP contribution is -2.29. The van der Waals surface area contributed by atoms with Crippen LogP contribution in [0.5, 0.6) is 5.88 Å². The summed E-state index contributed by atoms with van der Waals surface area (Å²) in [6.07, 6.45) is 1.93. The maximum absolute atomic E-state index is 11.5. The second kappa shape index (κ2) is 5.84. The average Bonchev–Trinajstić information content (AvgIpc) is 3.16. The molecule has 22 heavy (non-hydrogen) atoms. The molecule has 1 fully saturated rings. The number of carbonyl (C=O) groups excluding carboxylic acids is 1. The van der Waals surface area contributed by atoms with Crippen molar-refractivity contribution in [3.63, 3.8) is 0 Å². The summed E-state index contributed by atoms with van der Waals surface area (Å²) in [5.74, 6) is 0.687. The fourth-order valence-corrected chi connectivity index (χ4v) is 2.33. The summed E-state index contributed by atoms with van der Waals surface area (Å²) >= 11 is 0. The zero-order valence-electron chi connectivity index (χ0n) is 11.8. The summed E-state index contributed by atoms with van der Waals surface area (Å²) in [6, 6.07) is 5.22. The molecule has 0 aromatic carbocycles. The summed E-state index contributed by atoms with van der Waals surface area (Å²) in [4.78, 5) is 31.2. The van der Waals surface area contributed by atoms with Crippen LogP contribution >= 0.6 is 0 Å². The number of nitrogens with zero attached hydrogens (tertiary/aromatic N) is 3. The Morgan fingerprint density at radius 1 is 1.50 bits per heavy atom. The van der Waals surface area contributed by atoms with Gasteiger partial charge in [0.1, 0.15) is 11.8 Å². The first-order valence-corrected chi connectivity index (χ1v) is 6.86. The molecule has 0 radical (unpaired) electrons. The number of H-pyrrole nitrogens is 2. The molecule has 1 saturated heterocycles. The van der Waals surface area contributed by atoms with Gasteiger partial charge in [-0.05, 0) is 12.1 Å². The number of likely N-dealkylation sites (tertiary alicyclic amines) is 1. The quantitative estimate of drug-likeness (QED) is 0.792. The molecule has 0 aliphatic carbocycles. The van der Waals surface area contributed by atoms with Crippen molar-refractivity contribution in [2.24, 2.45) is 0 Å². The predicted molar refractivity (Wildman–Crippen MR) is 78.2 cm³/mol. The Morgan fingerprint density at radius 3 is 3.09 bits per heavy atom. The van der Waals surface area contributed by atoms with Crippen molar-refractivity contribution < 1.29 is 9.53 Å². The van der Waals surface area contributed by atoms with Crippen molar-refractivity contribution >= 4 is 5.91 Å². The van der Waals surface area contributed by atoms with Gasteiger partial charge in [0.25, 0.3) is 0 Å². The Balaban J connectivity index is 1.70. The molecule has 8 nitrogen and oxygen atoms in total. The molecule has 3 heterocycles. The third kappa shape index (κ3) is 2.90. The first-order chi connectivity index (χ1) is 10.7. The average molecular weight is 301 g/mol. The van der Waals surface area contributed by atoms with Crippen LogP contribution in [0, 0.1) is 0 Å². The van der Waals surface area contributed by atoms with E-state index in [1.165, 1.54) is 6.08 Å². The zero-order chi connectivity index (χ0) is 15.5. The Morgan fingerprint density at radius 2 is 2.36 bits per heavy atom. The van der Waals surface area contributed by atoms with Gasteiger partial charge in [0.2, 0.25) is 11.8 Å². The topological polar surface area (TPSA) is 104 Å². The van der Waals surface area contributed by atoms with Crippen LogP contribution in [0.2, 0.25) is 0 Å². The van der Waals surface area contributed by atoms with E-state index in [1.807, 2.05) is 0 Å². The second-order valence-corrected chi connectivity index (χ2v) is 4.90. The minimum atomic E-state index is -0.391. The van der Waals surface area contributed by atoms with E-state index in [-0.39, 0.29) is 12.0 Å². The lowest BCUT2D eigenvalue weighted by atomic mass is 10.3. The molecule has 0 spiro atoms. The lowest BCUT2D eigenvalue weighted by Gasteiger charge is -2.15. The number of nitrogens with one attached hydrogen (secondary N) is 2. The number of hydrogen-bond donors (Lipinski definition) is 2. The van der Waals surface area contributed by atoms with Gasteiger partial charge >= 0.3 is 5.69 Å². The number of aromatic amines is 2. The molecular weight excluding hydrogens is 286 g/mol. The molecule has 1 unspecified atom stereocenters. The normalized spacial score (nSPS) is 17.5. The summed E-state index contributed by atoms with van der Waals surface area (Å²) < 4.78 is 5.80. The van der Waals surface area contributed by atoms with Gasteiger partial charge in [-0.1, -0.05) is 12.6 Å². The predicted octanol–water partition coefficient (Wildman–Crippen LogP) is 0.326. The molecule has 0 saturated carbocycles. The van der Waals surface area contributed by atoms with Gasteiger partial charge in [0.15, 0.2) is 5.82 Å². The summed E-state index contributed by atoms with van der Waals surface area (Å²) in [5.41, 5.74) is 0.116. The highest BCUT2D eigenvalue weighted by Gasteiger charge is 2.26. The van der Waals surface area contributed by atoms with Crippen LogP contribution in [-0.2, 0) is 4.79 Å². The number of carbonyl (C=O) groups is 1. The Bertz CT molecular complexity index is 751. The Kier molecular flexibility index (Phi) is 3.73. The third-order valence-corrected chi connectivity index (χ3v) is 3.39. The molecule has 2 aromatic heterocycles. The third-order valence-electron chi connectivity index (χ3n) is 3.39. The molecule has 1 amide bonds. The highest BCUT2D eigenvalue weighted by atomic mass is 16.5. The molecule has 8 heteroatoms. The molecule has 3 rings (SSSR count). The number of ether oxygens (including phenoxy) is 1. The summed E-state index contributed by atoms with van der Waals surface area (Å²) in [5, 5.41) is 6.12. The first kappa shape index (κ1) is 14.1. The van der Waals surface area contributed by atoms with E-state index >= 15 is 0 Å². The number of pyridine rings is 1. The second-order valence-electron chi connectivity index (χ2n) is 4.90. The SMILES string of the molecule is C=CC(=O)N1CCC(Oc2cccc(-c3n[nH]c(=O)[nH]3)n2)C1. The number of amides is 1. The van der Waals surface area contributed by atoms with Crippen LogP contribution in [0.1, 0.15) is 6.42 Å². The highest BCUT2D eigenvalue weighted by molar-refractivity contribution is 5.87. The zero-order valence-corrected chi connectivity index (χ0v) is 11.8. The molecule has 2 aromatic rings. The number of rotatable bonds is 4. The minimum absolute atomic E-state index is 0.0955. The van der Waals surface area contributed by atoms with Crippen molar-refractivity contribution in [2.45, 2.75) is 12.5 Å². The standard InChI is InChI=1S/C14H15N5O3/c1-2-12(20)19-7-6-9(8-19)22-11-5-3-4-10(15-11)13-16-14(21)18-17-13/h2-5,9H,1,6-8H2,(H2,16,17,18,21). The van der Waals surface area contributed by atoms with Gasteiger partial charge in [0, 0.05) is 19.0 Å². The van der Waals surface area contributed by atoms with E-state index in [1.54, 1.807) is 23.1 Å². The maximum atomic E-state index is 11.5. The fraction of sp³-hybridized carbons (Fsp3) is 0.286. The van der Waals surface area contributed by atoms with Crippen LogP contribution in [0.4, 0.5) is 0 Å². The van der Waals surface area contributed by atoms with Gasteiger partial charge in [-0.2, -0.15) is 5.10 Å². The molecule has 0 bridgehead atoms. The molecule has 1 atom stereocenters. The van der Waals surface area contributed by atoms with Gasteiger partial charge in [-0.15, -0.1) is 0 Å². The molecule has 2 N–H and O–H groups in total. The molecule has 1 aliphatic rings. The Hall–Kier alpha value is -2.90. The summed E-state index contributed by atoms with van der Waals surface area (Å²) in [7, 11) is 0. The van der Waals surface area contributed by atoms with Crippen molar-refractivity contribution in [1.82, 2.24) is 25.1 Å². The van der Waals surface area contributed by atoms with E-state index in [0.717, 1.165) is 6.42 Å². The lowest BCUT2D eigenvalue weighted by molar-refractivity contribution is -0.125. The van der Waals surface area contributed by atoms with E-state index in [4.69, 9.17) is 4.74 Å². The van der Waals surface area contributed by atoms with Crippen LogP contribution in [0.3, 0.4) is 0 Å². The Labute approximate surface area is 125 Å². The van der Waals surface area contributed by atoms with Crippen molar-refractivity contribution in [2.75, 3.05) is 13.1 Å². The van der Waals surface area contributed by atoms with Crippen molar-refractivity contribution in [3.8, 4) is 17.4 Å². The largest absolute Gasteiger partial charge is 0.472 e. The van der Waals surface area contributed by atoms with Gasteiger partial charge in [-0.3, -0.25) is 9.78 Å². The van der Waals surface area contributed by atoms with Crippen LogP contribution in [0.15, 0.2) is 35.6 Å². The highest BCUT2D eigenvalue weighted by Crippen LogP contribution is 2.19. The number of aromatic nitrogens is 4. The smallest absolute Gasteiger partial charge is 0.340 e. The molecule has 1 aliphatic heterocycles. The van der Waals surface area contributed by atoms with E-state index < -0.39 is 5.69 Å². The molecule has 114 valence electrons. The number of hydrogen-bond acceptors (Lipinski definition) is 5. The van der Waals surface area contributed by atoms with Crippen LogP contribution < -0.4 is 10.4 Å². The van der Waals surface area contributed by atoms with E-state index in [0.29, 0.717) is 30.5 Å². The van der Waals surface area contributed by atoms with Crippen LogP contribution in [0.25, 0.3) is 11.5 Å². The monoisotopic (exact) mass is 301 g/mol. The first-order valence-electron chi connectivity index (χ1n) is 6.86. The van der Waals surface area contributed by atoms with Gasteiger partial charge in [0.05, 0.1) is 6.54 Å².